The van der Waals surface area contributed by atoms with Crippen molar-refractivity contribution in [3.8, 4) is 17.2 Å². The summed E-state index contributed by atoms with van der Waals surface area (Å²) in [6, 6.07) is 8.72. The van der Waals surface area contributed by atoms with E-state index in [-0.39, 0.29) is 4.90 Å². The van der Waals surface area contributed by atoms with E-state index in [0.29, 0.717) is 50.0 Å². The van der Waals surface area contributed by atoms with Crippen LogP contribution in [0.25, 0.3) is 0 Å². The molecule has 0 atom stereocenters. The second kappa shape index (κ2) is 9.02. The van der Waals surface area contributed by atoms with E-state index in [1.807, 2.05) is 19.1 Å². The van der Waals surface area contributed by atoms with Crippen molar-refractivity contribution >= 4 is 10.0 Å². The Kier molecular flexibility index (Phi) is 6.66. The van der Waals surface area contributed by atoms with Crippen LogP contribution in [0.5, 0.6) is 17.2 Å². The molecule has 0 radical (unpaired) electrons. The minimum absolute atomic E-state index is 0.262. The predicted octanol–water partition coefficient (Wildman–Crippen LogP) is 2.78. The van der Waals surface area contributed by atoms with E-state index in [9.17, 15) is 8.42 Å². The van der Waals surface area contributed by atoms with Gasteiger partial charge in [-0.15, -0.1) is 0 Å². The van der Waals surface area contributed by atoms with Gasteiger partial charge < -0.3 is 18.9 Å². The molecule has 0 spiro atoms. The topological polar surface area (TPSA) is 74.3 Å². The number of nitrogens with zero attached hydrogens (tertiary/aromatic N) is 1. The van der Waals surface area contributed by atoms with Crippen molar-refractivity contribution in [2.75, 3.05) is 41.1 Å². The summed E-state index contributed by atoms with van der Waals surface area (Å²) in [5.74, 6) is 1.91. The van der Waals surface area contributed by atoms with Crippen LogP contribution in [0, 0.1) is 6.92 Å². The first-order valence-corrected chi connectivity index (χ1v) is 10.8. The maximum absolute atomic E-state index is 13.2. The molecule has 0 aliphatic carbocycles. The first-order chi connectivity index (χ1) is 13.9. The predicted molar refractivity (Wildman–Crippen MR) is 109 cm³/mol. The fourth-order valence-corrected chi connectivity index (χ4v) is 4.90. The van der Waals surface area contributed by atoms with Gasteiger partial charge in [-0.1, -0.05) is 0 Å². The highest BCUT2D eigenvalue weighted by atomic mass is 32.2. The summed E-state index contributed by atoms with van der Waals surface area (Å²) < 4.78 is 49.2. The van der Waals surface area contributed by atoms with Crippen molar-refractivity contribution < 1.29 is 27.4 Å². The van der Waals surface area contributed by atoms with Gasteiger partial charge in [0.05, 0.1) is 25.7 Å². The van der Waals surface area contributed by atoms with Gasteiger partial charge in [-0.25, -0.2) is 8.42 Å². The number of hydrogen-bond donors (Lipinski definition) is 0. The third kappa shape index (κ3) is 4.49. The second-order valence-corrected chi connectivity index (χ2v) is 8.77. The summed E-state index contributed by atoms with van der Waals surface area (Å²) in [6.07, 6.45) is 0.617. The number of aryl methyl sites for hydroxylation is 1. The number of benzene rings is 2. The van der Waals surface area contributed by atoms with Crippen molar-refractivity contribution in [2.24, 2.45) is 0 Å². The summed E-state index contributed by atoms with van der Waals surface area (Å²) >= 11 is 0. The maximum Gasteiger partial charge on any atom is 0.243 e. The number of rotatable bonds is 8. The lowest BCUT2D eigenvalue weighted by molar-refractivity contribution is 0.146. The van der Waals surface area contributed by atoms with E-state index >= 15 is 0 Å². The van der Waals surface area contributed by atoms with Gasteiger partial charge in [0.1, 0.15) is 12.4 Å². The van der Waals surface area contributed by atoms with Crippen LogP contribution in [0.2, 0.25) is 0 Å². The third-order valence-corrected chi connectivity index (χ3v) is 6.85. The van der Waals surface area contributed by atoms with E-state index < -0.39 is 10.0 Å². The van der Waals surface area contributed by atoms with Crippen LogP contribution in [0.3, 0.4) is 0 Å². The molecule has 8 heteroatoms. The third-order valence-electron chi connectivity index (χ3n) is 5.01. The number of hydrogen-bond acceptors (Lipinski definition) is 6. The number of methoxy groups -OCH3 is 3. The van der Waals surface area contributed by atoms with Crippen molar-refractivity contribution in [3.05, 3.63) is 47.0 Å². The average molecular weight is 422 g/mol. The molecule has 0 amide bonds. The van der Waals surface area contributed by atoms with Crippen LogP contribution in [0.15, 0.2) is 35.2 Å². The van der Waals surface area contributed by atoms with Crippen LogP contribution >= 0.6 is 0 Å². The lowest BCUT2D eigenvalue weighted by Gasteiger charge is -2.29. The fourth-order valence-electron chi connectivity index (χ4n) is 3.39. The molecule has 0 saturated carbocycles. The maximum atomic E-state index is 13.2. The Balaban J connectivity index is 1.83. The van der Waals surface area contributed by atoms with Gasteiger partial charge in [0.15, 0.2) is 11.5 Å². The monoisotopic (exact) mass is 421 g/mol. The minimum atomic E-state index is -3.62. The second-order valence-electron chi connectivity index (χ2n) is 6.83. The normalized spacial score (nSPS) is 14.3. The Bertz CT molecular complexity index is 973. The molecule has 3 rings (SSSR count). The standard InChI is InChI=1S/C21H27NO6S/c1-15-11-18(5-6-19(15)28-10-9-25-2)29(23,24)22-8-7-16-12-20(26-3)21(27-4)13-17(16)14-22/h5-6,11-13H,7-10,14H2,1-4H3. The Morgan fingerprint density at radius 3 is 2.24 bits per heavy atom. The Labute approximate surface area is 172 Å². The molecule has 1 heterocycles. The molecule has 0 bridgehead atoms. The van der Waals surface area contributed by atoms with Crippen LogP contribution in [-0.4, -0.2) is 53.8 Å². The summed E-state index contributed by atoms with van der Waals surface area (Å²) in [7, 11) is 1.14. The molecule has 158 valence electrons. The fraction of sp³-hybridized carbons (Fsp3) is 0.429. The van der Waals surface area contributed by atoms with Crippen molar-refractivity contribution in [1.29, 1.82) is 0 Å². The number of ether oxygens (including phenoxy) is 4. The van der Waals surface area contributed by atoms with Crippen molar-refractivity contribution in [3.63, 3.8) is 0 Å². The smallest absolute Gasteiger partial charge is 0.243 e. The van der Waals surface area contributed by atoms with Crippen LogP contribution < -0.4 is 14.2 Å². The molecule has 0 fully saturated rings. The summed E-state index contributed by atoms with van der Waals surface area (Å²) in [4.78, 5) is 0.262. The molecule has 0 saturated heterocycles. The van der Waals surface area contributed by atoms with Gasteiger partial charge in [-0.2, -0.15) is 4.31 Å². The van der Waals surface area contributed by atoms with Gasteiger partial charge in [-0.05, 0) is 60.4 Å². The van der Waals surface area contributed by atoms with Gasteiger partial charge in [-0.3, -0.25) is 0 Å². The Morgan fingerprint density at radius 1 is 0.931 bits per heavy atom. The van der Waals surface area contributed by atoms with E-state index in [2.05, 4.69) is 0 Å². The van der Waals surface area contributed by atoms with E-state index in [4.69, 9.17) is 18.9 Å². The molecule has 0 unspecified atom stereocenters. The van der Waals surface area contributed by atoms with Gasteiger partial charge in [0.2, 0.25) is 10.0 Å². The molecule has 7 nitrogen and oxygen atoms in total. The van der Waals surface area contributed by atoms with Gasteiger partial charge in [0.25, 0.3) is 0 Å². The molecular weight excluding hydrogens is 394 g/mol. The molecule has 0 N–H and O–H groups in total. The first-order valence-electron chi connectivity index (χ1n) is 9.37. The van der Waals surface area contributed by atoms with Crippen molar-refractivity contribution in [1.82, 2.24) is 4.31 Å². The lowest BCUT2D eigenvalue weighted by atomic mass is 10.0. The van der Waals surface area contributed by atoms with Crippen molar-refractivity contribution in [2.45, 2.75) is 24.8 Å². The molecule has 0 aromatic heterocycles. The molecule has 1 aliphatic rings. The van der Waals surface area contributed by atoms with E-state index in [0.717, 1.165) is 16.7 Å². The molecule has 2 aromatic rings. The van der Waals surface area contributed by atoms with Gasteiger partial charge >= 0.3 is 0 Å². The molecule has 1 aliphatic heterocycles. The largest absolute Gasteiger partial charge is 0.493 e. The summed E-state index contributed by atoms with van der Waals surface area (Å²) in [5, 5.41) is 0. The summed E-state index contributed by atoms with van der Waals surface area (Å²) in [5.41, 5.74) is 2.77. The number of fused-ring (bicyclic) bond motifs is 1. The van der Waals surface area contributed by atoms with Gasteiger partial charge in [0, 0.05) is 20.2 Å². The molecule has 2 aromatic carbocycles. The highest BCUT2D eigenvalue weighted by Crippen LogP contribution is 2.35. The zero-order valence-corrected chi connectivity index (χ0v) is 18.0. The summed E-state index contributed by atoms with van der Waals surface area (Å²) in [6.45, 7) is 3.43. The molecular formula is C21H27NO6S. The van der Waals surface area contributed by atoms with E-state index in [1.54, 1.807) is 39.5 Å². The zero-order chi connectivity index (χ0) is 21.0. The Hall–Kier alpha value is -2.29. The van der Waals surface area contributed by atoms with Crippen LogP contribution in [0.1, 0.15) is 16.7 Å². The quantitative estimate of drug-likeness (QED) is 0.610. The van der Waals surface area contributed by atoms with Crippen LogP contribution in [0.4, 0.5) is 0 Å². The SMILES string of the molecule is COCCOc1ccc(S(=O)(=O)N2CCc3cc(OC)c(OC)cc3C2)cc1C. The first kappa shape index (κ1) is 21.4. The minimum Gasteiger partial charge on any atom is -0.493 e. The Morgan fingerprint density at radius 2 is 1.62 bits per heavy atom. The van der Waals surface area contributed by atoms with E-state index in [1.165, 1.54) is 4.31 Å². The zero-order valence-electron chi connectivity index (χ0n) is 17.2. The number of sulfonamides is 1. The highest BCUT2D eigenvalue weighted by molar-refractivity contribution is 7.89. The molecule has 29 heavy (non-hydrogen) atoms. The highest BCUT2D eigenvalue weighted by Gasteiger charge is 2.29. The lowest BCUT2D eigenvalue weighted by Crippen LogP contribution is -2.36. The van der Waals surface area contributed by atoms with Crippen LogP contribution in [-0.2, 0) is 27.7 Å². The average Bonchev–Trinajstić information content (AvgIpc) is 2.73.